The number of nitrogens with one attached hydrogen (secondary N) is 2. The van der Waals surface area contributed by atoms with Crippen LogP contribution in [0.15, 0.2) is 83.8 Å². The molecule has 0 unspecified atom stereocenters. The van der Waals surface area contributed by atoms with Crippen molar-refractivity contribution in [2.45, 2.75) is 32.2 Å². The lowest BCUT2D eigenvalue weighted by Crippen LogP contribution is -2.40. The standard InChI is InChI=1S/C28H28N4O2/c1-18-11-25-26(29-14-18)13-23(15-30-25)27(20-7-4-3-5-8-20)32-28(33)19(2)21-9-6-10-22(12-21)24-16-31-34-17-24/h3-12,14,16-17,19,23,27,30H,13,15H2,1-2H3,(H,32,33)/t19-,23+,27+/m0/s1. The minimum Gasteiger partial charge on any atom is -0.383 e. The fourth-order valence-electron chi connectivity index (χ4n) is 4.61. The molecule has 5 rings (SSSR count). The number of carbonyl (C=O) groups excluding carboxylic acids is 1. The van der Waals surface area contributed by atoms with Crippen molar-refractivity contribution in [1.29, 1.82) is 0 Å². The normalized spacial score (nSPS) is 16.7. The highest BCUT2D eigenvalue weighted by Gasteiger charge is 2.31. The van der Waals surface area contributed by atoms with Crippen molar-refractivity contribution in [3.63, 3.8) is 0 Å². The quantitative estimate of drug-likeness (QED) is 0.415. The zero-order valence-electron chi connectivity index (χ0n) is 19.4. The van der Waals surface area contributed by atoms with Gasteiger partial charge in [-0.1, -0.05) is 59.8 Å². The number of benzene rings is 2. The van der Waals surface area contributed by atoms with Gasteiger partial charge in [0.15, 0.2) is 0 Å². The number of amides is 1. The minimum atomic E-state index is -0.310. The van der Waals surface area contributed by atoms with E-state index in [1.807, 2.05) is 62.5 Å². The summed E-state index contributed by atoms with van der Waals surface area (Å²) in [4.78, 5) is 18.1. The lowest BCUT2D eigenvalue weighted by Gasteiger charge is -2.33. The molecule has 0 fully saturated rings. The highest BCUT2D eigenvalue weighted by molar-refractivity contribution is 5.84. The third-order valence-corrected chi connectivity index (χ3v) is 6.59. The summed E-state index contributed by atoms with van der Waals surface area (Å²) in [5.74, 6) is -0.126. The molecule has 0 aliphatic carbocycles. The van der Waals surface area contributed by atoms with Gasteiger partial charge in [0.1, 0.15) is 6.26 Å². The van der Waals surface area contributed by atoms with E-state index in [4.69, 9.17) is 4.52 Å². The number of nitrogens with zero attached hydrogens (tertiary/aromatic N) is 2. The molecule has 34 heavy (non-hydrogen) atoms. The first-order valence-corrected chi connectivity index (χ1v) is 11.6. The lowest BCUT2D eigenvalue weighted by atomic mass is 9.85. The maximum absolute atomic E-state index is 13.5. The van der Waals surface area contributed by atoms with E-state index in [1.54, 1.807) is 12.5 Å². The summed E-state index contributed by atoms with van der Waals surface area (Å²) in [5, 5.41) is 10.7. The number of pyridine rings is 1. The van der Waals surface area contributed by atoms with Gasteiger partial charge in [0, 0.05) is 24.2 Å². The highest BCUT2D eigenvalue weighted by Crippen LogP contribution is 2.33. The second-order valence-electron chi connectivity index (χ2n) is 9.01. The molecule has 0 spiro atoms. The van der Waals surface area contributed by atoms with Crippen LogP contribution in [0.5, 0.6) is 0 Å². The summed E-state index contributed by atoms with van der Waals surface area (Å²) in [6.45, 7) is 4.77. The van der Waals surface area contributed by atoms with E-state index >= 15 is 0 Å². The predicted molar refractivity (Wildman–Crippen MR) is 132 cm³/mol. The third kappa shape index (κ3) is 4.57. The van der Waals surface area contributed by atoms with Crippen LogP contribution in [0.3, 0.4) is 0 Å². The molecule has 2 aromatic carbocycles. The molecule has 1 aliphatic heterocycles. The van der Waals surface area contributed by atoms with Crippen molar-refractivity contribution in [2.24, 2.45) is 5.92 Å². The van der Waals surface area contributed by atoms with Crippen LogP contribution < -0.4 is 10.6 Å². The highest BCUT2D eigenvalue weighted by atomic mass is 16.5. The van der Waals surface area contributed by atoms with Crippen LogP contribution in [-0.2, 0) is 11.2 Å². The van der Waals surface area contributed by atoms with Gasteiger partial charge in [-0.2, -0.15) is 0 Å². The molecule has 0 radical (unpaired) electrons. The van der Waals surface area contributed by atoms with Gasteiger partial charge in [-0.15, -0.1) is 0 Å². The van der Waals surface area contributed by atoms with Crippen LogP contribution in [-0.4, -0.2) is 22.6 Å². The monoisotopic (exact) mass is 452 g/mol. The molecule has 0 bridgehead atoms. The van der Waals surface area contributed by atoms with Gasteiger partial charge in [-0.3, -0.25) is 9.78 Å². The number of anilines is 1. The molecule has 2 aromatic heterocycles. The number of rotatable bonds is 6. The van der Waals surface area contributed by atoms with Crippen LogP contribution >= 0.6 is 0 Å². The molecular weight excluding hydrogens is 424 g/mol. The van der Waals surface area contributed by atoms with E-state index in [9.17, 15) is 4.79 Å². The van der Waals surface area contributed by atoms with Gasteiger partial charge in [0.25, 0.3) is 0 Å². The van der Waals surface area contributed by atoms with E-state index in [1.165, 1.54) is 0 Å². The molecular formula is C28H28N4O2. The smallest absolute Gasteiger partial charge is 0.227 e. The summed E-state index contributed by atoms with van der Waals surface area (Å²) in [6, 6.07) is 20.2. The van der Waals surface area contributed by atoms with E-state index < -0.39 is 0 Å². The van der Waals surface area contributed by atoms with Crippen LogP contribution in [0.4, 0.5) is 5.69 Å². The van der Waals surface area contributed by atoms with E-state index in [0.717, 1.165) is 52.2 Å². The second-order valence-corrected chi connectivity index (χ2v) is 9.01. The SMILES string of the molecule is Cc1cnc2c(c1)NC[C@H]([C@H](NC(=O)[C@@H](C)c1cccc(-c3cnoc3)c1)c1ccccc1)C2. The van der Waals surface area contributed by atoms with E-state index in [-0.39, 0.29) is 23.8 Å². The summed E-state index contributed by atoms with van der Waals surface area (Å²) in [7, 11) is 0. The third-order valence-electron chi connectivity index (χ3n) is 6.59. The fraction of sp³-hybridized carbons (Fsp3) is 0.250. The maximum atomic E-state index is 13.5. The Morgan fingerprint density at radius 1 is 1.06 bits per heavy atom. The fourth-order valence-corrected chi connectivity index (χ4v) is 4.61. The number of hydrogen-bond donors (Lipinski definition) is 2. The molecule has 4 aromatic rings. The molecule has 1 amide bonds. The first-order valence-electron chi connectivity index (χ1n) is 11.6. The molecule has 172 valence electrons. The summed E-state index contributed by atoms with van der Waals surface area (Å²) in [6.07, 6.45) is 6.00. The van der Waals surface area contributed by atoms with Gasteiger partial charge in [-0.05, 0) is 48.6 Å². The second kappa shape index (κ2) is 9.51. The molecule has 0 saturated carbocycles. The van der Waals surface area contributed by atoms with E-state index in [2.05, 4.69) is 39.0 Å². The van der Waals surface area contributed by atoms with E-state index in [0.29, 0.717) is 0 Å². The minimum absolute atomic E-state index is 0.000941. The van der Waals surface area contributed by atoms with Crippen molar-refractivity contribution in [2.75, 3.05) is 11.9 Å². The largest absolute Gasteiger partial charge is 0.383 e. The molecule has 1 aliphatic rings. The first kappa shape index (κ1) is 21.9. The van der Waals surface area contributed by atoms with Crippen molar-refractivity contribution in [3.8, 4) is 11.1 Å². The summed E-state index contributed by atoms with van der Waals surface area (Å²) < 4.78 is 4.98. The number of fused-ring (bicyclic) bond motifs is 1. The number of carbonyl (C=O) groups is 1. The topological polar surface area (TPSA) is 80.0 Å². The molecule has 2 N–H and O–H groups in total. The number of hydrogen-bond acceptors (Lipinski definition) is 5. The molecule has 6 heteroatoms. The van der Waals surface area contributed by atoms with Crippen molar-refractivity contribution in [3.05, 3.63) is 102 Å². The zero-order chi connectivity index (χ0) is 23.5. The molecule has 0 saturated heterocycles. The van der Waals surface area contributed by atoms with Gasteiger partial charge >= 0.3 is 0 Å². The Kier molecular flexibility index (Phi) is 6.12. The Hall–Kier alpha value is -3.93. The molecule has 6 nitrogen and oxygen atoms in total. The number of aromatic nitrogens is 2. The Morgan fingerprint density at radius 3 is 2.68 bits per heavy atom. The summed E-state index contributed by atoms with van der Waals surface area (Å²) >= 11 is 0. The lowest BCUT2D eigenvalue weighted by molar-refractivity contribution is -0.123. The van der Waals surface area contributed by atoms with Crippen molar-refractivity contribution < 1.29 is 9.32 Å². The van der Waals surface area contributed by atoms with Gasteiger partial charge in [-0.25, -0.2) is 0 Å². The van der Waals surface area contributed by atoms with Crippen molar-refractivity contribution in [1.82, 2.24) is 15.5 Å². The van der Waals surface area contributed by atoms with Gasteiger partial charge in [0.05, 0.1) is 29.5 Å². The van der Waals surface area contributed by atoms with Crippen LogP contribution in [0.1, 0.15) is 41.3 Å². The Bertz CT molecular complexity index is 1270. The number of aryl methyl sites for hydroxylation is 1. The average molecular weight is 453 g/mol. The first-order chi connectivity index (χ1) is 16.6. The van der Waals surface area contributed by atoms with Gasteiger partial charge < -0.3 is 15.2 Å². The Labute approximate surface area is 199 Å². The summed E-state index contributed by atoms with van der Waals surface area (Å²) in [5.41, 5.74) is 7.20. The Morgan fingerprint density at radius 2 is 1.88 bits per heavy atom. The van der Waals surface area contributed by atoms with Gasteiger partial charge in [0.2, 0.25) is 5.91 Å². The Balaban J connectivity index is 1.38. The average Bonchev–Trinajstić information content (AvgIpc) is 3.42. The predicted octanol–water partition coefficient (Wildman–Crippen LogP) is 5.29. The maximum Gasteiger partial charge on any atom is 0.227 e. The van der Waals surface area contributed by atoms with Crippen LogP contribution in [0, 0.1) is 12.8 Å². The van der Waals surface area contributed by atoms with Crippen LogP contribution in [0.25, 0.3) is 11.1 Å². The zero-order valence-corrected chi connectivity index (χ0v) is 19.4. The van der Waals surface area contributed by atoms with Crippen molar-refractivity contribution >= 4 is 11.6 Å². The molecule has 3 heterocycles. The molecule has 3 atom stereocenters. The van der Waals surface area contributed by atoms with Crippen LogP contribution in [0.2, 0.25) is 0 Å².